The number of hydrogen-bond acceptors (Lipinski definition) is 6. The molecule has 0 radical (unpaired) electrons. The van der Waals surface area contributed by atoms with Crippen LogP contribution in [0.1, 0.15) is 29.3 Å². The van der Waals surface area contributed by atoms with E-state index in [0.29, 0.717) is 23.2 Å². The number of benzene rings is 2. The Bertz CT molecular complexity index is 973. The van der Waals surface area contributed by atoms with Crippen molar-refractivity contribution in [2.75, 3.05) is 0 Å². The summed E-state index contributed by atoms with van der Waals surface area (Å²) in [5, 5.41) is 28.8. The highest BCUT2D eigenvalue weighted by Crippen LogP contribution is 2.14. The summed E-state index contributed by atoms with van der Waals surface area (Å²) in [5.74, 6) is -1.73. The van der Waals surface area contributed by atoms with E-state index in [9.17, 15) is 14.7 Å². The van der Waals surface area contributed by atoms with Gasteiger partial charge in [-0.2, -0.15) is 0 Å². The van der Waals surface area contributed by atoms with Crippen LogP contribution in [0.3, 0.4) is 0 Å². The number of fused-ring (bicyclic) bond motifs is 1. The van der Waals surface area contributed by atoms with Crippen molar-refractivity contribution < 1.29 is 24.6 Å². The van der Waals surface area contributed by atoms with Crippen LogP contribution >= 0.6 is 0 Å². The molecule has 28 heavy (non-hydrogen) atoms. The van der Waals surface area contributed by atoms with Gasteiger partial charge in [0.15, 0.2) is 6.10 Å². The Morgan fingerprint density at radius 1 is 1.21 bits per heavy atom. The normalized spacial score (nSPS) is 13.1. The number of aliphatic carboxylic acids is 1. The lowest BCUT2D eigenvalue weighted by atomic mass is 10.1. The maximum Gasteiger partial charge on any atom is 0.332 e. The molecule has 0 fully saturated rings. The topological polar surface area (TPSA) is 127 Å². The van der Waals surface area contributed by atoms with Gasteiger partial charge in [-0.1, -0.05) is 35.2 Å². The molecule has 0 saturated carbocycles. The number of carboxylic acid groups (broad SMARTS) is 1. The second-order valence-electron chi connectivity index (χ2n) is 6.39. The van der Waals surface area contributed by atoms with Gasteiger partial charge in [0.2, 0.25) is 0 Å². The van der Waals surface area contributed by atoms with Crippen molar-refractivity contribution in [2.24, 2.45) is 0 Å². The van der Waals surface area contributed by atoms with Gasteiger partial charge in [0.25, 0.3) is 5.91 Å². The van der Waals surface area contributed by atoms with Crippen molar-refractivity contribution in [3.8, 4) is 0 Å². The molecule has 3 rings (SSSR count). The van der Waals surface area contributed by atoms with Crippen LogP contribution in [-0.2, 0) is 11.4 Å². The SMILES string of the molecule is C[C@H](C[C@@H](O)C(=O)O)NC(=O)c1ccc2nnn(OCc3ccccc3)c2c1. The third kappa shape index (κ3) is 4.63. The number of aromatic nitrogens is 3. The second-order valence-corrected chi connectivity index (χ2v) is 6.39. The number of carbonyl (C=O) groups excluding carboxylic acids is 1. The molecule has 1 heterocycles. The van der Waals surface area contributed by atoms with Crippen LogP contribution in [0.4, 0.5) is 0 Å². The van der Waals surface area contributed by atoms with Crippen LogP contribution in [0.5, 0.6) is 0 Å². The van der Waals surface area contributed by atoms with E-state index < -0.39 is 24.0 Å². The number of nitrogens with one attached hydrogen (secondary N) is 1. The molecule has 2 aromatic carbocycles. The molecule has 3 N–H and O–H groups in total. The molecule has 3 aromatic rings. The molecule has 1 amide bonds. The van der Waals surface area contributed by atoms with E-state index in [-0.39, 0.29) is 6.42 Å². The van der Waals surface area contributed by atoms with Crippen LogP contribution in [0, 0.1) is 0 Å². The largest absolute Gasteiger partial charge is 0.479 e. The first kappa shape index (κ1) is 19.3. The van der Waals surface area contributed by atoms with Crippen molar-refractivity contribution in [1.82, 2.24) is 20.5 Å². The average Bonchev–Trinajstić information content (AvgIpc) is 3.09. The summed E-state index contributed by atoms with van der Waals surface area (Å²) in [7, 11) is 0. The summed E-state index contributed by atoms with van der Waals surface area (Å²) >= 11 is 0. The fourth-order valence-electron chi connectivity index (χ4n) is 2.65. The Balaban J connectivity index is 1.70. The number of carbonyl (C=O) groups is 2. The standard InChI is InChI=1S/C19H20N4O5/c1-12(9-17(24)19(26)27)20-18(25)14-7-8-15-16(10-14)23(22-21-15)28-11-13-5-3-2-4-6-13/h2-8,10,12,17,24H,9,11H2,1H3,(H,20,25)(H,26,27)/t12-,17-/m1/s1. The Hall–Kier alpha value is -3.46. The summed E-state index contributed by atoms with van der Waals surface area (Å²) in [5.41, 5.74) is 2.41. The van der Waals surface area contributed by atoms with Gasteiger partial charge in [0.1, 0.15) is 17.6 Å². The maximum absolute atomic E-state index is 12.4. The van der Waals surface area contributed by atoms with E-state index in [1.165, 1.54) is 4.85 Å². The van der Waals surface area contributed by atoms with E-state index in [4.69, 9.17) is 9.94 Å². The maximum atomic E-state index is 12.4. The molecule has 0 saturated heterocycles. The van der Waals surface area contributed by atoms with Crippen molar-refractivity contribution in [1.29, 1.82) is 0 Å². The fourth-order valence-corrected chi connectivity index (χ4v) is 2.65. The zero-order chi connectivity index (χ0) is 20.1. The van der Waals surface area contributed by atoms with Crippen LogP contribution in [0.2, 0.25) is 0 Å². The summed E-state index contributed by atoms with van der Waals surface area (Å²) in [6.07, 6.45) is -1.63. The lowest BCUT2D eigenvalue weighted by molar-refractivity contribution is -0.147. The van der Waals surface area contributed by atoms with Gasteiger partial charge in [0.05, 0.1) is 0 Å². The minimum atomic E-state index is -1.53. The number of nitrogens with zero attached hydrogens (tertiary/aromatic N) is 3. The summed E-state index contributed by atoms with van der Waals surface area (Å²) in [6, 6.07) is 13.9. The molecule has 2 atom stereocenters. The van der Waals surface area contributed by atoms with Crippen molar-refractivity contribution in [2.45, 2.75) is 32.1 Å². The Kier molecular flexibility index (Phi) is 5.85. The number of carboxylic acids is 1. The highest BCUT2D eigenvalue weighted by atomic mass is 16.7. The Morgan fingerprint density at radius 3 is 2.68 bits per heavy atom. The van der Waals surface area contributed by atoms with Crippen molar-refractivity contribution in [3.05, 3.63) is 59.7 Å². The van der Waals surface area contributed by atoms with E-state index in [0.717, 1.165) is 5.56 Å². The molecule has 146 valence electrons. The van der Waals surface area contributed by atoms with E-state index >= 15 is 0 Å². The third-order valence-electron chi connectivity index (χ3n) is 4.11. The molecular weight excluding hydrogens is 364 g/mol. The van der Waals surface area contributed by atoms with E-state index in [2.05, 4.69) is 15.6 Å². The van der Waals surface area contributed by atoms with E-state index in [1.807, 2.05) is 30.3 Å². The number of aliphatic hydroxyl groups is 1. The van der Waals surface area contributed by atoms with Crippen LogP contribution < -0.4 is 10.2 Å². The molecule has 0 aliphatic heterocycles. The van der Waals surface area contributed by atoms with Crippen LogP contribution in [-0.4, -0.2) is 49.4 Å². The molecule has 9 heteroatoms. The quantitative estimate of drug-likeness (QED) is 0.529. The highest BCUT2D eigenvalue weighted by Gasteiger charge is 2.19. The zero-order valence-corrected chi connectivity index (χ0v) is 15.1. The second kappa shape index (κ2) is 8.49. The van der Waals surface area contributed by atoms with Gasteiger partial charge >= 0.3 is 5.97 Å². The van der Waals surface area contributed by atoms with Crippen LogP contribution in [0.25, 0.3) is 11.0 Å². The van der Waals surface area contributed by atoms with Crippen LogP contribution in [0.15, 0.2) is 48.5 Å². The number of aliphatic hydroxyl groups excluding tert-OH is 1. The lowest BCUT2D eigenvalue weighted by Gasteiger charge is -2.15. The zero-order valence-electron chi connectivity index (χ0n) is 15.1. The summed E-state index contributed by atoms with van der Waals surface area (Å²) < 4.78 is 0. The first-order valence-electron chi connectivity index (χ1n) is 8.68. The lowest BCUT2D eigenvalue weighted by Crippen LogP contribution is -2.37. The molecule has 9 nitrogen and oxygen atoms in total. The first-order valence-corrected chi connectivity index (χ1v) is 8.68. The Morgan fingerprint density at radius 2 is 1.96 bits per heavy atom. The predicted molar refractivity (Wildman–Crippen MR) is 99.4 cm³/mol. The summed E-state index contributed by atoms with van der Waals surface area (Å²) in [4.78, 5) is 30.1. The van der Waals surface area contributed by atoms with Gasteiger partial charge in [-0.3, -0.25) is 4.79 Å². The minimum absolute atomic E-state index is 0.0943. The minimum Gasteiger partial charge on any atom is -0.479 e. The monoisotopic (exact) mass is 384 g/mol. The third-order valence-corrected chi connectivity index (χ3v) is 4.11. The highest BCUT2D eigenvalue weighted by molar-refractivity contribution is 5.97. The fraction of sp³-hybridized carbons (Fsp3) is 0.263. The van der Waals surface area contributed by atoms with Gasteiger partial charge in [0, 0.05) is 18.0 Å². The number of amides is 1. The van der Waals surface area contributed by atoms with Gasteiger partial charge in [-0.25, -0.2) is 4.79 Å². The van der Waals surface area contributed by atoms with Crippen molar-refractivity contribution in [3.63, 3.8) is 0 Å². The van der Waals surface area contributed by atoms with Gasteiger partial charge < -0.3 is 20.4 Å². The molecule has 0 spiro atoms. The number of rotatable bonds is 8. The average molecular weight is 384 g/mol. The molecule has 0 unspecified atom stereocenters. The molecule has 0 aliphatic carbocycles. The molecule has 0 aliphatic rings. The summed E-state index contributed by atoms with van der Waals surface area (Å²) in [6.45, 7) is 1.91. The number of hydrogen-bond donors (Lipinski definition) is 3. The molecule has 1 aromatic heterocycles. The van der Waals surface area contributed by atoms with E-state index in [1.54, 1.807) is 25.1 Å². The Labute approximate surface area is 160 Å². The molecule has 0 bridgehead atoms. The molecular formula is C19H20N4O5. The van der Waals surface area contributed by atoms with Crippen molar-refractivity contribution >= 4 is 22.9 Å². The smallest absolute Gasteiger partial charge is 0.332 e. The van der Waals surface area contributed by atoms with Gasteiger partial charge in [-0.05, 0) is 35.9 Å². The van der Waals surface area contributed by atoms with Gasteiger partial charge in [-0.15, -0.1) is 5.10 Å². The first-order chi connectivity index (χ1) is 13.4. The predicted octanol–water partition coefficient (Wildman–Crippen LogP) is 1.01.